The molecule has 2 heterocycles. The van der Waals surface area contributed by atoms with E-state index in [1.54, 1.807) is 7.11 Å². The summed E-state index contributed by atoms with van der Waals surface area (Å²) in [4.78, 5) is 15.9. The van der Waals surface area contributed by atoms with Crippen LogP contribution in [0, 0.1) is 24.2 Å². The van der Waals surface area contributed by atoms with Gasteiger partial charge in [-0.1, -0.05) is 50.5 Å². The molecule has 4 nitrogen and oxygen atoms in total. The highest BCUT2D eigenvalue weighted by Gasteiger charge is 2.63. The van der Waals surface area contributed by atoms with E-state index in [2.05, 4.69) is 74.5 Å². The van der Waals surface area contributed by atoms with Crippen molar-refractivity contribution in [3.63, 3.8) is 0 Å². The van der Waals surface area contributed by atoms with E-state index in [4.69, 9.17) is 9.47 Å². The van der Waals surface area contributed by atoms with Crippen LogP contribution >= 0.6 is 15.9 Å². The predicted molar refractivity (Wildman–Crippen MR) is 120 cm³/mol. The molecule has 1 aromatic rings. The lowest BCUT2D eigenvalue weighted by Gasteiger charge is -2.35. The number of hydrogen-bond acceptors (Lipinski definition) is 3. The first-order valence-electron chi connectivity index (χ1n) is 10.8. The molecule has 1 aromatic carbocycles. The number of halogens is 1. The Bertz CT molecular complexity index is 778. The van der Waals surface area contributed by atoms with Crippen molar-refractivity contribution in [2.45, 2.75) is 79.0 Å². The molecule has 3 atom stereocenters. The maximum atomic E-state index is 13.7. The van der Waals surface area contributed by atoms with Crippen LogP contribution in [-0.4, -0.2) is 36.3 Å². The third kappa shape index (κ3) is 4.10. The van der Waals surface area contributed by atoms with Crippen LogP contribution in [0.1, 0.15) is 65.0 Å². The second-order valence-corrected chi connectivity index (χ2v) is 10.9. The molecule has 1 amide bonds. The molecule has 0 radical (unpaired) electrons. The van der Waals surface area contributed by atoms with Crippen LogP contribution in [0.2, 0.25) is 0 Å². The number of rotatable bonds is 7. The van der Waals surface area contributed by atoms with Gasteiger partial charge in [-0.2, -0.15) is 0 Å². The molecular weight excluding hydrogens is 430 g/mol. The summed E-state index contributed by atoms with van der Waals surface area (Å²) in [6.07, 6.45) is 3.25. The van der Waals surface area contributed by atoms with E-state index in [-0.39, 0.29) is 11.9 Å². The van der Waals surface area contributed by atoms with Gasteiger partial charge in [-0.3, -0.25) is 4.79 Å². The summed E-state index contributed by atoms with van der Waals surface area (Å²) in [5, 5.41) is 0. The molecule has 0 bridgehead atoms. The van der Waals surface area contributed by atoms with E-state index in [1.807, 2.05) is 0 Å². The van der Waals surface area contributed by atoms with Crippen molar-refractivity contribution < 1.29 is 14.3 Å². The molecule has 0 aromatic heterocycles. The Morgan fingerprint density at radius 2 is 2.00 bits per heavy atom. The summed E-state index contributed by atoms with van der Waals surface area (Å²) in [7, 11) is 1.71. The first kappa shape index (κ1) is 22.6. The van der Waals surface area contributed by atoms with Crippen LogP contribution in [0.4, 0.5) is 0 Å². The molecular formula is C24H36BrNO3. The van der Waals surface area contributed by atoms with Crippen molar-refractivity contribution in [3.8, 4) is 5.75 Å². The SMILES string of the molecule is COc1cc(C)cc(Br)c1CC[C@]1(C)C[C@@]2(CC(C)C)OC[C@H](C(C)C)N2C1=O. The van der Waals surface area contributed by atoms with Crippen molar-refractivity contribution in [3.05, 3.63) is 27.7 Å². The first-order chi connectivity index (χ1) is 13.5. The van der Waals surface area contributed by atoms with Crippen LogP contribution in [0.25, 0.3) is 0 Å². The molecule has 5 heteroatoms. The van der Waals surface area contributed by atoms with Crippen molar-refractivity contribution in [1.82, 2.24) is 4.90 Å². The van der Waals surface area contributed by atoms with E-state index in [9.17, 15) is 4.79 Å². The Labute approximate surface area is 184 Å². The molecule has 0 spiro atoms. The number of benzene rings is 1. The van der Waals surface area contributed by atoms with E-state index in [0.717, 1.165) is 47.0 Å². The molecule has 29 heavy (non-hydrogen) atoms. The number of aryl methyl sites for hydroxylation is 1. The normalized spacial score (nSPS) is 29.2. The minimum absolute atomic E-state index is 0.170. The first-order valence-corrected chi connectivity index (χ1v) is 11.6. The van der Waals surface area contributed by atoms with Gasteiger partial charge in [0, 0.05) is 16.5 Å². The second kappa shape index (κ2) is 8.22. The Morgan fingerprint density at radius 3 is 2.59 bits per heavy atom. The Hall–Kier alpha value is -1.07. The fourth-order valence-electron chi connectivity index (χ4n) is 5.25. The van der Waals surface area contributed by atoms with Crippen molar-refractivity contribution in [2.75, 3.05) is 13.7 Å². The van der Waals surface area contributed by atoms with Gasteiger partial charge in [0.2, 0.25) is 5.91 Å². The van der Waals surface area contributed by atoms with Crippen molar-refractivity contribution >= 4 is 21.8 Å². The van der Waals surface area contributed by atoms with E-state index < -0.39 is 11.1 Å². The molecule has 2 aliphatic heterocycles. The molecule has 0 unspecified atom stereocenters. The minimum atomic E-state index is -0.441. The topological polar surface area (TPSA) is 38.8 Å². The van der Waals surface area contributed by atoms with E-state index in [1.165, 1.54) is 0 Å². The van der Waals surface area contributed by atoms with Gasteiger partial charge in [0.25, 0.3) is 0 Å². The number of nitrogens with zero attached hydrogens (tertiary/aromatic N) is 1. The Balaban J connectivity index is 1.88. The van der Waals surface area contributed by atoms with Crippen LogP contribution in [0.3, 0.4) is 0 Å². The average molecular weight is 466 g/mol. The number of methoxy groups -OCH3 is 1. The second-order valence-electron chi connectivity index (χ2n) is 10.0. The number of amides is 1. The minimum Gasteiger partial charge on any atom is -0.496 e. The molecule has 2 saturated heterocycles. The summed E-state index contributed by atoms with van der Waals surface area (Å²) in [6.45, 7) is 13.7. The van der Waals surface area contributed by atoms with Gasteiger partial charge in [0.1, 0.15) is 11.5 Å². The highest BCUT2D eigenvalue weighted by atomic mass is 79.9. The lowest BCUT2D eigenvalue weighted by atomic mass is 9.79. The molecule has 3 rings (SSSR count). The van der Waals surface area contributed by atoms with Gasteiger partial charge in [-0.05, 0) is 55.7 Å². The highest BCUT2D eigenvalue weighted by molar-refractivity contribution is 9.10. The van der Waals surface area contributed by atoms with Gasteiger partial charge < -0.3 is 14.4 Å². The molecule has 0 N–H and O–H groups in total. The summed E-state index contributed by atoms with van der Waals surface area (Å²) in [5.74, 6) is 2.02. The lowest BCUT2D eigenvalue weighted by molar-refractivity contribution is -0.144. The number of carbonyl (C=O) groups excluding carboxylic acids is 1. The number of hydrogen-bond donors (Lipinski definition) is 0. The zero-order chi connectivity index (χ0) is 21.6. The quantitative estimate of drug-likeness (QED) is 0.515. The van der Waals surface area contributed by atoms with E-state index >= 15 is 0 Å². The maximum Gasteiger partial charge on any atom is 0.231 e. The van der Waals surface area contributed by atoms with Gasteiger partial charge in [0.15, 0.2) is 0 Å². The molecule has 2 fully saturated rings. The summed E-state index contributed by atoms with van der Waals surface area (Å²) < 4.78 is 13.1. The average Bonchev–Trinajstić information content (AvgIpc) is 3.05. The largest absolute Gasteiger partial charge is 0.496 e. The highest BCUT2D eigenvalue weighted by Crippen LogP contribution is 2.53. The van der Waals surface area contributed by atoms with Crippen molar-refractivity contribution in [1.29, 1.82) is 0 Å². The number of carbonyl (C=O) groups is 1. The third-order valence-corrected chi connectivity index (χ3v) is 7.34. The zero-order valence-electron chi connectivity index (χ0n) is 19.0. The molecule has 162 valence electrons. The fourth-order valence-corrected chi connectivity index (χ4v) is 6.01. The van der Waals surface area contributed by atoms with Crippen LogP contribution in [0.5, 0.6) is 5.75 Å². The van der Waals surface area contributed by atoms with Crippen molar-refractivity contribution in [2.24, 2.45) is 17.3 Å². The van der Waals surface area contributed by atoms with Gasteiger partial charge in [-0.25, -0.2) is 0 Å². The summed E-state index contributed by atoms with van der Waals surface area (Å²) in [6, 6.07) is 4.35. The molecule has 2 aliphatic rings. The van der Waals surface area contributed by atoms with Gasteiger partial charge in [-0.15, -0.1) is 0 Å². The predicted octanol–water partition coefficient (Wildman–Crippen LogP) is 5.73. The summed E-state index contributed by atoms with van der Waals surface area (Å²) in [5.41, 5.74) is 1.44. The Morgan fingerprint density at radius 1 is 1.31 bits per heavy atom. The zero-order valence-corrected chi connectivity index (χ0v) is 20.6. The van der Waals surface area contributed by atoms with E-state index in [0.29, 0.717) is 18.4 Å². The maximum absolute atomic E-state index is 13.7. The summed E-state index contributed by atoms with van der Waals surface area (Å²) >= 11 is 3.70. The van der Waals surface area contributed by atoms with Crippen LogP contribution in [-0.2, 0) is 16.0 Å². The van der Waals surface area contributed by atoms with Gasteiger partial charge >= 0.3 is 0 Å². The standard InChI is InChI=1S/C24H36BrNO3/c1-15(2)12-24-14-23(6,22(27)26(24)20(13-29-24)16(3)4)9-8-18-19(25)10-17(5)11-21(18)28-7/h10-11,15-16,20H,8-9,12-14H2,1-7H3/t20-,23-,24-/m1/s1. The Kier molecular flexibility index (Phi) is 6.41. The smallest absolute Gasteiger partial charge is 0.231 e. The molecule has 0 aliphatic carbocycles. The third-order valence-electron chi connectivity index (χ3n) is 6.64. The van der Waals surface area contributed by atoms with Gasteiger partial charge in [0.05, 0.1) is 25.2 Å². The molecule has 0 saturated carbocycles. The van der Waals surface area contributed by atoms with Crippen LogP contribution in [0.15, 0.2) is 16.6 Å². The fraction of sp³-hybridized carbons (Fsp3) is 0.708. The monoisotopic (exact) mass is 465 g/mol. The number of ether oxygens (including phenoxy) is 2. The number of fused-ring (bicyclic) bond motifs is 1. The van der Waals surface area contributed by atoms with Crippen LogP contribution < -0.4 is 4.74 Å². The lowest BCUT2D eigenvalue weighted by Crippen LogP contribution is -2.48.